The number of carbonyl (C=O) groups is 11. The predicted molar refractivity (Wildman–Crippen MR) is 251 cm³/mol. The van der Waals surface area contributed by atoms with Crippen molar-refractivity contribution in [2.24, 2.45) is 17.8 Å². The summed E-state index contributed by atoms with van der Waals surface area (Å²) < 4.78 is 20.4. The number of carboxylic acid groups (broad SMARTS) is 1. The summed E-state index contributed by atoms with van der Waals surface area (Å²) in [5, 5.41) is 56.2. The van der Waals surface area contributed by atoms with E-state index < -0.39 is 188 Å². The molecule has 25 nitrogen and oxygen atoms in total. The van der Waals surface area contributed by atoms with Gasteiger partial charge in [0.05, 0.1) is 72.4 Å². The lowest BCUT2D eigenvalue weighted by Gasteiger charge is -2.32. The molecule has 3 aliphatic rings. The molecular formula is C46H62N8O17S. The van der Waals surface area contributed by atoms with Gasteiger partial charge in [-0.15, -0.1) is 0 Å². The number of amides is 7. The number of hydrogen-bond donors (Lipinski definition) is 11. The van der Waals surface area contributed by atoms with Gasteiger partial charge in [0.1, 0.15) is 40.7 Å². The van der Waals surface area contributed by atoms with E-state index in [1.807, 2.05) is 0 Å². The highest BCUT2D eigenvalue weighted by molar-refractivity contribution is 7.85. The van der Waals surface area contributed by atoms with Crippen molar-refractivity contribution in [3.05, 3.63) is 23.3 Å². The molecule has 0 saturated carbocycles. The van der Waals surface area contributed by atoms with E-state index in [9.17, 15) is 77.4 Å². The van der Waals surface area contributed by atoms with Crippen LogP contribution in [0.25, 0.3) is 10.9 Å². The molecule has 4 heterocycles. The molecule has 1 aromatic heterocycles. The van der Waals surface area contributed by atoms with Crippen LogP contribution in [0.2, 0.25) is 0 Å². The largest absolute Gasteiger partial charge is 0.481 e. The number of aliphatic carboxylic acids is 1. The van der Waals surface area contributed by atoms with Crippen LogP contribution < -0.4 is 36.6 Å². The highest BCUT2D eigenvalue weighted by Gasteiger charge is 2.45. The van der Waals surface area contributed by atoms with Crippen LogP contribution in [-0.4, -0.2) is 174 Å². The van der Waals surface area contributed by atoms with E-state index in [1.165, 1.54) is 19.1 Å². The standard InChI is InChI=1S/C46H62N8O17S/c1-6-20(3)39-43(67)48-15-36(61)49-31-19-72(70)45-28(27-9-23(8-25(57)7-2)35(71-22(5)56)14-29(27)51-45)13-30(41(65)47-16-37(62)52-39)50-44(68)40(21(4)34(60)18-55)53-42(66)32-12-26(58)17-54(32)46(69)24(10-33(31)59)11-38(63)64/h9,14,20-21,24,26,30-32,34,39-40,51,55,58,60H,6-8,10-13,15-19H2,1-5H3,(H,47,65)(H,48,67)(H,49,61)(H,50,68)(H,52,62)(H,53,66)(H,63,64)/t20-,21?,24-,26+,30-,31-,32-,34?,39-,40-,72?/m0/s1. The lowest BCUT2D eigenvalue weighted by atomic mass is 9.93. The van der Waals surface area contributed by atoms with Crippen LogP contribution in [0.5, 0.6) is 5.75 Å². The van der Waals surface area contributed by atoms with Crippen LogP contribution >= 0.6 is 0 Å². The second-order valence-corrected chi connectivity index (χ2v) is 19.8. The number of fused-ring (bicyclic) bond motifs is 5. The Morgan fingerprint density at radius 2 is 1.53 bits per heavy atom. The second kappa shape index (κ2) is 24.7. The van der Waals surface area contributed by atoms with E-state index in [-0.39, 0.29) is 51.4 Å². The molecular weight excluding hydrogens is 969 g/mol. The number of H-pyrrole nitrogens is 1. The zero-order valence-electron chi connectivity index (χ0n) is 40.4. The van der Waals surface area contributed by atoms with Crippen molar-refractivity contribution in [1.82, 2.24) is 41.8 Å². The van der Waals surface area contributed by atoms with Gasteiger partial charge in [-0.25, -0.2) is 0 Å². The van der Waals surface area contributed by atoms with E-state index in [0.717, 1.165) is 11.8 Å². The third-order valence-electron chi connectivity index (χ3n) is 13.0. The number of ether oxygens (including phenoxy) is 1. The minimum absolute atomic E-state index is 0.0183. The van der Waals surface area contributed by atoms with E-state index in [4.69, 9.17) is 4.74 Å². The summed E-state index contributed by atoms with van der Waals surface area (Å²) in [6, 6.07) is -5.63. The van der Waals surface area contributed by atoms with Crippen LogP contribution in [0.1, 0.15) is 77.8 Å². The van der Waals surface area contributed by atoms with E-state index in [1.54, 1.807) is 20.8 Å². The van der Waals surface area contributed by atoms with Gasteiger partial charge in [0, 0.05) is 68.5 Å². The van der Waals surface area contributed by atoms with Gasteiger partial charge in [0.25, 0.3) is 0 Å². The van der Waals surface area contributed by atoms with Crippen LogP contribution in [0.3, 0.4) is 0 Å². The highest BCUT2D eigenvalue weighted by Crippen LogP contribution is 2.34. The van der Waals surface area contributed by atoms with Gasteiger partial charge in [0.2, 0.25) is 41.4 Å². The van der Waals surface area contributed by atoms with Crippen molar-refractivity contribution < 1.29 is 82.1 Å². The molecule has 1 aromatic carbocycles. The lowest BCUT2D eigenvalue weighted by molar-refractivity contribution is -0.148. The van der Waals surface area contributed by atoms with Crippen molar-refractivity contribution in [2.45, 2.75) is 127 Å². The van der Waals surface area contributed by atoms with Crippen LogP contribution in [0.4, 0.5) is 0 Å². The molecule has 0 radical (unpaired) electrons. The SMILES string of the molecule is CCC(=O)Cc1cc2c3c([nH]c2cc1OC(C)=O)S(=O)C[C@@H]1NC(=O)CNC(=O)[C@H]([C@@H](C)CC)NC(=O)CNC(=O)[C@H](C3)NC(=O)[C@H](C(C)C(O)CO)NC(=O)[C@@H]2C[C@@H](O)CN2C(=O)[C@H](CC(=O)O)CC1=O. The fourth-order valence-corrected chi connectivity index (χ4v) is 10.2. The zero-order chi connectivity index (χ0) is 53.3. The Kier molecular flexibility index (Phi) is 19.3. The molecule has 3 unspecified atom stereocenters. The highest BCUT2D eigenvalue weighted by atomic mass is 32.2. The van der Waals surface area contributed by atoms with Crippen molar-refractivity contribution in [2.75, 3.05) is 32.0 Å². The number of rotatable bonds is 11. The molecule has 11 N–H and O–H groups in total. The lowest BCUT2D eigenvalue weighted by Crippen LogP contribution is -2.61. The van der Waals surface area contributed by atoms with Crippen molar-refractivity contribution in [3.63, 3.8) is 0 Å². The summed E-state index contributed by atoms with van der Waals surface area (Å²) in [5.74, 6) is -15.4. The first-order chi connectivity index (χ1) is 34.0. The van der Waals surface area contributed by atoms with Gasteiger partial charge in [0.15, 0.2) is 5.78 Å². The van der Waals surface area contributed by atoms with Crippen LogP contribution in [0, 0.1) is 17.8 Å². The molecule has 1 saturated heterocycles. The van der Waals surface area contributed by atoms with E-state index in [2.05, 4.69) is 36.9 Å². The minimum atomic E-state index is -2.49. The third kappa shape index (κ3) is 13.9. The number of nitrogens with zero attached hydrogens (tertiary/aromatic N) is 1. The van der Waals surface area contributed by atoms with Crippen molar-refractivity contribution in [3.8, 4) is 5.75 Å². The fraction of sp³-hybridized carbons (Fsp3) is 0.587. The summed E-state index contributed by atoms with van der Waals surface area (Å²) in [4.78, 5) is 154. The average Bonchev–Trinajstić information content (AvgIpc) is 3.90. The summed E-state index contributed by atoms with van der Waals surface area (Å²) in [7, 11) is -2.49. The Hall–Kier alpha value is -6.64. The number of aromatic amines is 1. The molecule has 394 valence electrons. The maximum absolute atomic E-state index is 15.0. The molecule has 11 atom stereocenters. The Bertz CT molecular complexity index is 2510. The number of ketones is 2. The zero-order valence-corrected chi connectivity index (χ0v) is 41.2. The molecule has 5 rings (SSSR count). The third-order valence-corrected chi connectivity index (χ3v) is 14.5. The number of aliphatic hydroxyl groups is 3. The Labute approximate surface area is 415 Å². The number of carbonyl (C=O) groups excluding carboxylic acids is 10. The van der Waals surface area contributed by atoms with Crippen molar-refractivity contribution in [1.29, 1.82) is 0 Å². The second-order valence-electron chi connectivity index (χ2n) is 18.3. The molecule has 2 aromatic rings. The summed E-state index contributed by atoms with van der Waals surface area (Å²) >= 11 is 0. The number of Topliss-reactive ketones (excluding diaryl/α,β-unsaturated/α-hetero) is 2. The molecule has 7 amide bonds. The molecule has 0 aliphatic carbocycles. The average molecular weight is 1030 g/mol. The normalized spacial score (nSPS) is 26.6. The monoisotopic (exact) mass is 1030 g/mol. The predicted octanol–water partition coefficient (Wildman–Crippen LogP) is -3.49. The number of carboxylic acids is 1. The van der Waals surface area contributed by atoms with Crippen LogP contribution in [0.15, 0.2) is 17.2 Å². The van der Waals surface area contributed by atoms with Gasteiger partial charge in [-0.2, -0.15) is 0 Å². The Balaban J connectivity index is 1.82. The number of nitrogens with one attached hydrogen (secondary N) is 7. The molecule has 1 fully saturated rings. The van der Waals surface area contributed by atoms with E-state index >= 15 is 0 Å². The van der Waals surface area contributed by atoms with E-state index in [0.29, 0.717) is 6.42 Å². The number of esters is 1. The Morgan fingerprint density at radius 1 is 0.861 bits per heavy atom. The summed E-state index contributed by atoms with van der Waals surface area (Å²) in [6.07, 6.45) is -5.99. The summed E-state index contributed by atoms with van der Waals surface area (Å²) in [6.45, 7) is 4.26. The van der Waals surface area contributed by atoms with Crippen LogP contribution in [-0.2, 0) is 76.4 Å². The molecule has 0 spiro atoms. The summed E-state index contributed by atoms with van der Waals surface area (Å²) in [5.41, 5.74) is 0.236. The minimum Gasteiger partial charge on any atom is -0.481 e. The maximum atomic E-state index is 15.0. The quantitative estimate of drug-likeness (QED) is 0.0769. The molecule has 72 heavy (non-hydrogen) atoms. The van der Waals surface area contributed by atoms with Gasteiger partial charge < -0.3 is 66.9 Å². The molecule has 2 bridgehead atoms. The fourth-order valence-electron chi connectivity index (χ4n) is 8.74. The van der Waals surface area contributed by atoms with Gasteiger partial charge >= 0.3 is 11.9 Å². The Morgan fingerprint density at radius 3 is 2.15 bits per heavy atom. The first kappa shape index (κ1) is 56.3. The topological polar surface area (TPSA) is 386 Å². The number of hydrogen-bond acceptors (Lipinski definition) is 16. The first-order valence-corrected chi connectivity index (χ1v) is 24.8. The van der Waals surface area contributed by atoms with Gasteiger partial charge in [-0.3, -0.25) is 56.9 Å². The first-order valence-electron chi connectivity index (χ1n) is 23.5. The van der Waals surface area contributed by atoms with Gasteiger partial charge in [-0.05, 0) is 17.5 Å². The molecule has 26 heteroatoms. The smallest absolute Gasteiger partial charge is 0.308 e. The van der Waals surface area contributed by atoms with Gasteiger partial charge in [-0.1, -0.05) is 34.1 Å². The number of aliphatic hydroxyl groups excluding tert-OH is 3. The molecule has 3 aliphatic heterocycles. The maximum Gasteiger partial charge on any atom is 0.308 e. The van der Waals surface area contributed by atoms with Crippen molar-refractivity contribution >= 4 is 86.6 Å². The number of aromatic nitrogens is 1. The number of benzene rings is 1.